The quantitative estimate of drug-likeness (QED) is 0.174. The topological polar surface area (TPSA) is 26.0 Å². The van der Waals surface area contributed by atoms with Gasteiger partial charge in [0.15, 0.2) is 0 Å². The average Bonchev–Trinajstić information content (AvgIpc) is 2.61. The van der Waals surface area contributed by atoms with Gasteiger partial charge in [-0.3, -0.25) is 0 Å². The summed E-state index contributed by atoms with van der Waals surface area (Å²) in [5.74, 6) is 1.01. The molecular weight excluding hydrogens is 302 g/mol. The third kappa shape index (κ3) is 19.9. The van der Waals surface area contributed by atoms with Gasteiger partial charge in [-0.1, -0.05) is 109 Å². The summed E-state index contributed by atoms with van der Waals surface area (Å²) in [5.41, 5.74) is 5.51. The molecule has 1 nitrogen and oxygen atoms in total. The Kier molecular flexibility index (Phi) is 21.5. The van der Waals surface area contributed by atoms with Crippen LogP contribution >= 0.6 is 0 Å². The second kappa shape index (κ2) is 21.7. The van der Waals surface area contributed by atoms with Crippen LogP contribution in [-0.2, 0) is 0 Å². The predicted molar refractivity (Wildman–Crippen MR) is 116 cm³/mol. The number of allylic oxidation sites excluding steroid dienone is 2. The van der Waals surface area contributed by atoms with Crippen LogP contribution in [0.2, 0.25) is 0 Å². The zero-order valence-electron chi connectivity index (χ0n) is 17.7. The molecule has 25 heavy (non-hydrogen) atoms. The van der Waals surface area contributed by atoms with Gasteiger partial charge in [0.25, 0.3) is 0 Å². The van der Waals surface area contributed by atoms with Crippen LogP contribution in [0.3, 0.4) is 0 Å². The second-order valence-electron chi connectivity index (χ2n) is 7.96. The maximum absolute atomic E-state index is 5.51. The summed E-state index contributed by atoms with van der Waals surface area (Å²) >= 11 is 0. The molecule has 0 radical (unpaired) electrons. The Morgan fingerprint density at radius 1 is 0.560 bits per heavy atom. The van der Waals surface area contributed by atoms with Gasteiger partial charge in [0.05, 0.1) is 0 Å². The van der Waals surface area contributed by atoms with E-state index in [1.165, 1.54) is 116 Å². The lowest BCUT2D eigenvalue weighted by atomic mass is 9.92. The summed E-state index contributed by atoms with van der Waals surface area (Å²) in [6.45, 7) is 5.53. The molecule has 0 saturated heterocycles. The van der Waals surface area contributed by atoms with Gasteiger partial charge < -0.3 is 5.73 Å². The van der Waals surface area contributed by atoms with Crippen molar-refractivity contribution in [1.29, 1.82) is 0 Å². The maximum Gasteiger partial charge on any atom is -0.00773 e. The van der Waals surface area contributed by atoms with E-state index < -0.39 is 0 Å². The minimum atomic E-state index is 0.862. The van der Waals surface area contributed by atoms with Gasteiger partial charge in [-0.05, 0) is 44.6 Å². The van der Waals surface area contributed by atoms with Crippen LogP contribution in [0.4, 0.5) is 0 Å². The summed E-state index contributed by atoms with van der Waals surface area (Å²) in [6, 6.07) is 0. The first kappa shape index (κ1) is 24.7. The van der Waals surface area contributed by atoms with E-state index in [1.54, 1.807) is 0 Å². The molecule has 0 aliphatic heterocycles. The fraction of sp³-hybridized carbons (Fsp3) is 0.917. The Bertz CT molecular complexity index is 253. The zero-order chi connectivity index (χ0) is 18.4. The molecule has 0 fully saturated rings. The van der Waals surface area contributed by atoms with E-state index in [1.807, 2.05) is 0 Å². The lowest BCUT2D eigenvalue weighted by molar-refractivity contribution is 0.391. The largest absolute Gasteiger partial charge is 0.330 e. The molecule has 0 heterocycles. The second-order valence-corrected chi connectivity index (χ2v) is 7.96. The van der Waals surface area contributed by atoms with E-state index in [4.69, 9.17) is 5.73 Å². The van der Waals surface area contributed by atoms with Gasteiger partial charge in [0.2, 0.25) is 0 Å². The third-order valence-corrected chi connectivity index (χ3v) is 5.37. The molecule has 0 saturated carbocycles. The normalized spacial score (nSPS) is 11.8. The van der Waals surface area contributed by atoms with Crippen LogP contribution in [0.25, 0.3) is 0 Å². The van der Waals surface area contributed by atoms with Crippen LogP contribution < -0.4 is 5.73 Å². The van der Waals surface area contributed by atoms with Crippen LogP contribution in [0, 0.1) is 5.92 Å². The molecule has 0 aromatic heterocycles. The molecule has 0 spiro atoms. The predicted octanol–water partition coefficient (Wildman–Crippen LogP) is 8.18. The monoisotopic (exact) mass is 351 g/mol. The van der Waals surface area contributed by atoms with Crippen molar-refractivity contribution in [3.05, 3.63) is 12.2 Å². The van der Waals surface area contributed by atoms with Crippen molar-refractivity contribution >= 4 is 0 Å². The first-order chi connectivity index (χ1) is 12.3. The van der Waals surface area contributed by atoms with Crippen molar-refractivity contribution in [2.24, 2.45) is 11.7 Å². The van der Waals surface area contributed by atoms with E-state index in [0.29, 0.717) is 0 Å². The van der Waals surface area contributed by atoms with Gasteiger partial charge >= 0.3 is 0 Å². The lowest BCUT2D eigenvalue weighted by Gasteiger charge is -2.14. The van der Waals surface area contributed by atoms with E-state index in [0.717, 1.165) is 12.5 Å². The number of hydrogen-bond donors (Lipinski definition) is 1. The fourth-order valence-electron chi connectivity index (χ4n) is 3.82. The standard InChI is InChI=1S/C24H49N/c1-3-20-24(21-4-2)22-18-16-14-12-10-8-6-5-7-9-11-13-15-17-19-23-25/h5-6,24H,3-4,7-23,25H2,1-2H3. The minimum absolute atomic E-state index is 0.862. The molecule has 0 rings (SSSR count). The average molecular weight is 352 g/mol. The van der Waals surface area contributed by atoms with Crippen LogP contribution in [0.1, 0.15) is 129 Å². The van der Waals surface area contributed by atoms with Crippen LogP contribution in [-0.4, -0.2) is 6.54 Å². The molecule has 0 unspecified atom stereocenters. The number of hydrogen-bond acceptors (Lipinski definition) is 1. The van der Waals surface area contributed by atoms with Crippen molar-refractivity contribution < 1.29 is 0 Å². The summed E-state index contributed by atoms with van der Waals surface area (Å²) in [7, 11) is 0. The maximum atomic E-state index is 5.51. The van der Waals surface area contributed by atoms with Crippen molar-refractivity contribution in [2.45, 2.75) is 129 Å². The minimum Gasteiger partial charge on any atom is -0.330 e. The summed E-state index contributed by atoms with van der Waals surface area (Å²) < 4.78 is 0. The Hall–Kier alpha value is -0.300. The highest BCUT2D eigenvalue weighted by atomic mass is 14.5. The van der Waals surface area contributed by atoms with Crippen LogP contribution in [0.5, 0.6) is 0 Å². The van der Waals surface area contributed by atoms with Gasteiger partial charge in [-0.15, -0.1) is 0 Å². The van der Waals surface area contributed by atoms with E-state index >= 15 is 0 Å². The van der Waals surface area contributed by atoms with Gasteiger partial charge in [-0.2, -0.15) is 0 Å². The Morgan fingerprint density at radius 2 is 1.00 bits per heavy atom. The Morgan fingerprint density at radius 3 is 1.48 bits per heavy atom. The fourth-order valence-corrected chi connectivity index (χ4v) is 3.82. The molecular formula is C24H49N. The summed E-state index contributed by atoms with van der Waals surface area (Å²) in [6.07, 6.45) is 29.8. The van der Waals surface area contributed by atoms with E-state index in [-0.39, 0.29) is 0 Å². The first-order valence-electron chi connectivity index (χ1n) is 11.7. The molecule has 150 valence electrons. The van der Waals surface area contributed by atoms with Gasteiger partial charge in [0.1, 0.15) is 0 Å². The SMILES string of the molecule is CCCC(CCC)CCCCCCCC=CCCCCCCCCN. The van der Waals surface area contributed by atoms with Crippen molar-refractivity contribution in [2.75, 3.05) is 6.54 Å². The highest BCUT2D eigenvalue weighted by Gasteiger charge is 2.05. The highest BCUT2D eigenvalue weighted by Crippen LogP contribution is 2.21. The lowest BCUT2D eigenvalue weighted by Crippen LogP contribution is -1.99. The molecule has 0 bridgehead atoms. The van der Waals surface area contributed by atoms with E-state index in [2.05, 4.69) is 26.0 Å². The third-order valence-electron chi connectivity index (χ3n) is 5.37. The van der Waals surface area contributed by atoms with Gasteiger partial charge in [-0.25, -0.2) is 0 Å². The molecule has 2 N–H and O–H groups in total. The smallest absolute Gasteiger partial charge is 0.00773 e. The number of unbranched alkanes of at least 4 members (excludes halogenated alkanes) is 11. The Balaban J connectivity index is 3.24. The Labute approximate surface area is 160 Å². The first-order valence-corrected chi connectivity index (χ1v) is 11.7. The number of nitrogens with two attached hydrogens (primary N) is 1. The van der Waals surface area contributed by atoms with Crippen LogP contribution in [0.15, 0.2) is 12.2 Å². The van der Waals surface area contributed by atoms with Crippen molar-refractivity contribution in [3.8, 4) is 0 Å². The molecule has 0 aliphatic rings. The zero-order valence-corrected chi connectivity index (χ0v) is 17.7. The molecule has 0 amide bonds. The van der Waals surface area contributed by atoms with Crippen molar-refractivity contribution in [1.82, 2.24) is 0 Å². The van der Waals surface area contributed by atoms with Gasteiger partial charge in [0, 0.05) is 0 Å². The molecule has 0 aromatic carbocycles. The summed E-state index contributed by atoms with van der Waals surface area (Å²) in [4.78, 5) is 0. The molecule has 1 heteroatoms. The number of rotatable bonds is 20. The molecule has 0 aromatic rings. The van der Waals surface area contributed by atoms with E-state index in [9.17, 15) is 0 Å². The molecule has 0 aliphatic carbocycles. The summed E-state index contributed by atoms with van der Waals surface area (Å²) in [5, 5.41) is 0. The van der Waals surface area contributed by atoms with Crippen molar-refractivity contribution in [3.63, 3.8) is 0 Å². The molecule has 0 atom stereocenters. The highest BCUT2D eigenvalue weighted by molar-refractivity contribution is 4.81.